The Balaban J connectivity index is 3.19. The molecule has 2 nitrogen and oxygen atoms in total. The van der Waals surface area contributed by atoms with E-state index in [1.165, 1.54) is 96.4 Å². The molecule has 23 heavy (non-hydrogen) atoms. The van der Waals surface area contributed by atoms with Gasteiger partial charge in [0.25, 0.3) is 0 Å². The van der Waals surface area contributed by atoms with Gasteiger partial charge in [-0.05, 0) is 19.8 Å². The molecule has 0 rings (SSSR count). The highest BCUT2D eigenvalue weighted by Gasteiger charge is 2.16. The van der Waals surface area contributed by atoms with Crippen molar-refractivity contribution in [2.75, 3.05) is 27.2 Å². The van der Waals surface area contributed by atoms with Crippen LogP contribution in [0.3, 0.4) is 0 Å². The molecule has 0 fully saturated rings. The van der Waals surface area contributed by atoms with Crippen molar-refractivity contribution in [1.29, 1.82) is 0 Å². The number of hydrogen-bond donors (Lipinski definition) is 1. The van der Waals surface area contributed by atoms with Crippen molar-refractivity contribution in [3.8, 4) is 0 Å². The number of aliphatic hydroxyl groups excluding tert-OH is 1. The van der Waals surface area contributed by atoms with Gasteiger partial charge < -0.3 is 9.59 Å². The molecule has 140 valence electrons. The zero-order valence-corrected chi connectivity index (χ0v) is 16.8. The summed E-state index contributed by atoms with van der Waals surface area (Å²) < 4.78 is 0.954. The fourth-order valence-electron chi connectivity index (χ4n) is 3.54. The van der Waals surface area contributed by atoms with Gasteiger partial charge in [0.05, 0.1) is 20.6 Å². The van der Waals surface area contributed by atoms with Crippen molar-refractivity contribution in [1.82, 2.24) is 0 Å². The van der Waals surface area contributed by atoms with Gasteiger partial charge in [-0.25, -0.2) is 0 Å². The average Bonchev–Trinajstić information content (AvgIpc) is 2.46. The van der Waals surface area contributed by atoms with Crippen LogP contribution in [0.5, 0.6) is 0 Å². The zero-order chi connectivity index (χ0) is 17.4. The van der Waals surface area contributed by atoms with E-state index >= 15 is 0 Å². The summed E-state index contributed by atoms with van der Waals surface area (Å²) >= 11 is 0. The molecule has 0 aromatic rings. The minimum absolute atomic E-state index is 0.184. The molecule has 1 N–H and O–H groups in total. The Morgan fingerprint density at radius 3 is 1.35 bits per heavy atom. The Bertz CT molecular complexity index is 238. The molecule has 0 saturated heterocycles. The van der Waals surface area contributed by atoms with Crippen LogP contribution in [0.4, 0.5) is 0 Å². The van der Waals surface area contributed by atoms with Crippen LogP contribution in [0, 0.1) is 0 Å². The number of rotatable bonds is 17. The normalized spacial score (nSPS) is 13.4. The first-order chi connectivity index (χ1) is 11.0. The first-order valence-electron chi connectivity index (χ1n) is 10.5. The van der Waals surface area contributed by atoms with Crippen molar-refractivity contribution in [2.45, 2.75) is 110 Å². The molecule has 0 amide bonds. The van der Waals surface area contributed by atoms with Gasteiger partial charge in [0, 0.05) is 0 Å². The molecular weight excluding hydrogens is 282 g/mol. The van der Waals surface area contributed by atoms with Crippen LogP contribution in [0.1, 0.15) is 104 Å². The van der Waals surface area contributed by atoms with Crippen molar-refractivity contribution < 1.29 is 9.59 Å². The molecule has 2 heteroatoms. The monoisotopic (exact) mass is 328 g/mol. The molecular formula is C21H46NO+. The summed E-state index contributed by atoms with van der Waals surface area (Å²) in [5.74, 6) is 0. The van der Waals surface area contributed by atoms with Gasteiger partial charge in [0.2, 0.25) is 0 Å². The molecule has 1 unspecified atom stereocenters. The van der Waals surface area contributed by atoms with E-state index in [-0.39, 0.29) is 6.10 Å². The molecule has 0 aliphatic heterocycles. The Hall–Kier alpha value is -0.0800. The average molecular weight is 329 g/mol. The molecule has 0 aromatic heterocycles. The zero-order valence-electron chi connectivity index (χ0n) is 16.8. The molecule has 0 radical (unpaired) electrons. The van der Waals surface area contributed by atoms with Gasteiger partial charge >= 0.3 is 0 Å². The van der Waals surface area contributed by atoms with Crippen LogP contribution in [0.15, 0.2) is 0 Å². The van der Waals surface area contributed by atoms with Crippen LogP contribution in [0.2, 0.25) is 0 Å². The lowest BCUT2D eigenvalue weighted by atomic mass is 10.0. The van der Waals surface area contributed by atoms with Crippen LogP contribution in [0.25, 0.3) is 0 Å². The molecule has 1 atom stereocenters. The first-order valence-corrected chi connectivity index (χ1v) is 10.5. The third-order valence-corrected chi connectivity index (χ3v) is 4.88. The van der Waals surface area contributed by atoms with E-state index in [0.29, 0.717) is 0 Å². The highest BCUT2D eigenvalue weighted by Crippen LogP contribution is 2.13. The molecule has 0 aromatic carbocycles. The smallest absolute Gasteiger partial charge is 0.104 e. The second kappa shape index (κ2) is 15.4. The van der Waals surface area contributed by atoms with Crippen molar-refractivity contribution >= 4 is 0 Å². The van der Waals surface area contributed by atoms with E-state index < -0.39 is 0 Å². The summed E-state index contributed by atoms with van der Waals surface area (Å²) in [6.07, 6.45) is 19.7. The lowest BCUT2D eigenvalue weighted by molar-refractivity contribution is -0.893. The highest BCUT2D eigenvalue weighted by atomic mass is 16.3. The second-order valence-electron chi connectivity index (χ2n) is 8.29. The van der Waals surface area contributed by atoms with E-state index in [0.717, 1.165) is 11.0 Å². The van der Waals surface area contributed by atoms with E-state index in [1.54, 1.807) is 0 Å². The fraction of sp³-hybridized carbons (Fsp3) is 1.00. The van der Waals surface area contributed by atoms with Crippen LogP contribution >= 0.6 is 0 Å². The Labute approximate surface area is 147 Å². The number of likely N-dealkylation sites (N-methyl/N-ethyl adjacent to an activating group) is 1. The molecule has 0 aliphatic rings. The third kappa shape index (κ3) is 18.1. The number of unbranched alkanes of at least 4 members (excludes halogenated alkanes) is 13. The molecule has 0 bridgehead atoms. The molecule has 0 saturated carbocycles. The number of hydrogen-bond acceptors (Lipinski definition) is 1. The summed E-state index contributed by atoms with van der Waals surface area (Å²) in [6, 6.07) is 0. The van der Waals surface area contributed by atoms with Gasteiger partial charge in [-0.1, -0.05) is 84.0 Å². The number of nitrogens with zero attached hydrogens (tertiary/aromatic N) is 1. The van der Waals surface area contributed by atoms with Crippen LogP contribution in [-0.4, -0.2) is 42.9 Å². The summed E-state index contributed by atoms with van der Waals surface area (Å²) in [7, 11) is 4.46. The van der Waals surface area contributed by atoms with Gasteiger partial charge in [-0.15, -0.1) is 0 Å². The Kier molecular flexibility index (Phi) is 15.4. The summed E-state index contributed by atoms with van der Waals surface area (Å²) in [5.41, 5.74) is 0. The van der Waals surface area contributed by atoms with Crippen LogP contribution < -0.4 is 0 Å². The minimum atomic E-state index is -0.184. The first kappa shape index (κ1) is 22.9. The van der Waals surface area contributed by atoms with E-state index in [2.05, 4.69) is 21.0 Å². The van der Waals surface area contributed by atoms with Gasteiger partial charge in [-0.3, -0.25) is 0 Å². The largest absolute Gasteiger partial charge is 0.388 e. The SMILES string of the molecule is CCCCCCCCCCCCCCCC[N+](C)(C)CC(C)O. The minimum Gasteiger partial charge on any atom is -0.388 e. The van der Waals surface area contributed by atoms with Crippen LogP contribution in [-0.2, 0) is 0 Å². The van der Waals surface area contributed by atoms with E-state index in [1.807, 2.05) is 6.92 Å². The number of quaternary nitrogens is 1. The standard InChI is InChI=1S/C21H46NO/c1-5-6-7-8-9-10-11-12-13-14-15-16-17-18-19-22(3,4)20-21(2)23/h21,23H,5-20H2,1-4H3/q+1. The predicted molar refractivity (Wildman–Crippen MR) is 104 cm³/mol. The van der Waals surface area contributed by atoms with Gasteiger partial charge in [0.1, 0.15) is 12.6 Å². The van der Waals surface area contributed by atoms with E-state index in [9.17, 15) is 5.11 Å². The fourth-order valence-corrected chi connectivity index (χ4v) is 3.54. The Morgan fingerprint density at radius 1 is 0.652 bits per heavy atom. The summed E-state index contributed by atoms with van der Waals surface area (Å²) in [6.45, 7) is 6.25. The molecule has 0 aliphatic carbocycles. The predicted octanol–water partition coefficient (Wildman–Crippen LogP) is 5.92. The maximum Gasteiger partial charge on any atom is 0.104 e. The molecule has 0 spiro atoms. The number of aliphatic hydroxyl groups is 1. The lowest BCUT2D eigenvalue weighted by Crippen LogP contribution is -2.45. The second-order valence-corrected chi connectivity index (χ2v) is 8.29. The van der Waals surface area contributed by atoms with Gasteiger partial charge in [-0.2, -0.15) is 0 Å². The maximum absolute atomic E-state index is 9.49. The third-order valence-electron chi connectivity index (χ3n) is 4.88. The van der Waals surface area contributed by atoms with Crippen molar-refractivity contribution in [2.24, 2.45) is 0 Å². The van der Waals surface area contributed by atoms with Crippen molar-refractivity contribution in [3.05, 3.63) is 0 Å². The van der Waals surface area contributed by atoms with Gasteiger partial charge in [0.15, 0.2) is 0 Å². The summed E-state index contributed by atoms with van der Waals surface area (Å²) in [4.78, 5) is 0. The topological polar surface area (TPSA) is 20.2 Å². The Morgan fingerprint density at radius 2 is 1.00 bits per heavy atom. The molecule has 0 heterocycles. The lowest BCUT2D eigenvalue weighted by Gasteiger charge is -2.31. The maximum atomic E-state index is 9.49. The highest BCUT2D eigenvalue weighted by molar-refractivity contribution is 4.50. The summed E-state index contributed by atoms with van der Waals surface area (Å²) in [5, 5.41) is 9.49. The van der Waals surface area contributed by atoms with E-state index in [4.69, 9.17) is 0 Å². The van der Waals surface area contributed by atoms with Crippen molar-refractivity contribution in [3.63, 3.8) is 0 Å². The quantitative estimate of drug-likeness (QED) is 0.259.